The molecule has 0 aliphatic carbocycles. The molecule has 0 bridgehead atoms. The van der Waals surface area contributed by atoms with Gasteiger partial charge in [-0.3, -0.25) is 4.79 Å². The van der Waals surface area contributed by atoms with Gasteiger partial charge < -0.3 is 9.64 Å². The average molecular weight is 402 g/mol. The van der Waals surface area contributed by atoms with E-state index in [-0.39, 0.29) is 18.1 Å². The minimum Gasteiger partial charge on any atom is -0.489 e. The van der Waals surface area contributed by atoms with Gasteiger partial charge in [-0.15, -0.1) is 11.3 Å². The third kappa shape index (κ3) is 4.54. The number of carbonyl (C=O) groups excluding carboxylic acids is 1. The van der Waals surface area contributed by atoms with Crippen molar-refractivity contribution in [3.63, 3.8) is 0 Å². The molecule has 0 aliphatic heterocycles. The lowest BCUT2D eigenvalue weighted by molar-refractivity contribution is 0.0768. The van der Waals surface area contributed by atoms with Gasteiger partial charge in [-0.25, -0.2) is 13.8 Å². The van der Waals surface area contributed by atoms with Gasteiger partial charge in [-0.05, 0) is 38.1 Å². The molecule has 0 saturated carbocycles. The smallest absolute Gasteiger partial charge is 0.273 e. The van der Waals surface area contributed by atoms with E-state index in [9.17, 15) is 13.6 Å². The van der Waals surface area contributed by atoms with Gasteiger partial charge in [0, 0.05) is 35.7 Å². The fourth-order valence-corrected chi connectivity index (χ4v) is 3.49. The number of amides is 1. The van der Waals surface area contributed by atoms with Crippen LogP contribution in [0.2, 0.25) is 0 Å². The Balaban J connectivity index is 1.74. The summed E-state index contributed by atoms with van der Waals surface area (Å²) in [6, 6.07) is 10.6. The van der Waals surface area contributed by atoms with Crippen molar-refractivity contribution in [2.45, 2.75) is 20.5 Å². The zero-order chi connectivity index (χ0) is 20.1. The van der Waals surface area contributed by atoms with Crippen LogP contribution in [0.5, 0.6) is 5.75 Å². The third-order valence-electron chi connectivity index (χ3n) is 4.26. The monoisotopic (exact) mass is 402 g/mol. The summed E-state index contributed by atoms with van der Waals surface area (Å²) in [4.78, 5) is 18.6. The number of benzene rings is 2. The number of thiazole rings is 1. The van der Waals surface area contributed by atoms with Crippen molar-refractivity contribution < 1.29 is 18.3 Å². The molecule has 7 heteroatoms. The maximum atomic E-state index is 13.7. The summed E-state index contributed by atoms with van der Waals surface area (Å²) in [6.07, 6.45) is 0. The zero-order valence-corrected chi connectivity index (χ0v) is 16.4. The number of nitrogens with zero attached hydrogens (tertiary/aromatic N) is 2. The maximum absolute atomic E-state index is 13.7. The Labute approximate surface area is 166 Å². The van der Waals surface area contributed by atoms with Crippen LogP contribution >= 0.6 is 11.3 Å². The van der Waals surface area contributed by atoms with Crippen LogP contribution in [0.4, 0.5) is 8.78 Å². The molecule has 146 valence electrons. The van der Waals surface area contributed by atoms with Crippen LogP contribution in [0.1, 0.15) is 29.9 Å². The van der Waals surface area contributed by atoms with E-state index in [1.54, 1.807) is 28.5 Å². The Kier molecular flexibility index (Phi) is 6.36. The van der Waals surface area contributed by atoms with Crippen molar-refractivity contribution >= 4 is 17.2 Å². The van der Waals surface area contributed by atoms with Crippen LogP contribution in [-0.4, -0.2) is 28.9 Å². The number of carbonyl (C=O) groups is 1. The van der Waals surface area contributed by atoms with Crippen LogP contribution in [-0.2, 0) is 6.61 Å². The van der Waals surface area contributed by atoms with Crippen molar-refractivity contribution in [1.82, 2.24) is 9.88 Å². The highest BCUT2D eigenvalue weighted by Gasteiger charge is 2.17. The first-order valence-electron chi connectivity index (χ1n) is 8.93. The minimum absolute atomic E-state index is 0.0148. The van der Waals surface area contributed by atoms with Crippen molar-refractivity contribution in [2.24, 2.45) is 0 Å². The van der Waals surface area contributed by atoms with Crippen LogP contribution < -0.4 is 4.74 Å². The van der Waals surface area contributed by atoms with Gasteiger partial charge in [0.15, 0.2) is 0 Å². The summed E-state index contributed by atoms with van der Waals surface area (Å²) >= 11 is 1.38. The summed E-state index contributed by atoms with van der Waals surface area (Å²) in [6.45, 7) is 5.11. The summed E-state index contributed by atoms with van der Waals surface area (Å²) in [5.74, 6) is -0.822. The predicted molar refractivity (Wildman–Crippen MR) is 105 cm³/mol. The number of hydrogen-bond donors (Lipinski definition) is 0. The Morgan fingerprint density at radius 1 is 1.14 bits per heavy atom. The van der Waals surface area contributed by atoms with Crippen molar-refractivity contribution in [1.29, 1.82) is 0 Å². The van der Waals surface area contributed by atoms with E-state index in [4.69, 9.17) is 4.74 Å². The Morgan fingerprint density at radius 2 is 1.93 bits per heavy atom. The molecule has 0 spiro atoms. The van der Waals surface area contributed by atoms with Crippen LogP contribution in [0.15, 0.2) is 47.8 Å². The summed E-state index contributed by atoms with van der Waals surface area (Å²) in [7, 11) is 0. The van der Waals surface area contributed by atoms with Crippen molar-refractivity contribution in [3.05, 3.63) is 70.7 Å². The van der Waals surface area contributed by atoms with Gasteiger partial charge in [-0.2, -0.15) is 0 Å². The first kappa shape index (κ1) is 19.9. The first-order valence-corrected chi connectivity index (χ1v) is 9.81. The number of hydrogen-bond acceptors (Lipinski definition) is 4. The van der Waals surface area contributed by atoms with Gasteiger partial charge >= 0.3 is 0 Å². The summed E-state index contributed by atoms with van der Waals surface area (Å²) in [5.41, 5.74) is 1.50. The molecular formula is C21H20F2N2O2S. The number of ether oxygens (including phenoxy) is 1. The summed E-state index contributed by atoms with van der Waals surface area (Å²) in [5, 5.41) is 2.45. The molecule has 0 N–H and O–H groups in total. The Bertz CT molecular complexity index is 971. The SMILES string of the molecule is CCN(CC)C(=O)c1csc(-c2cccc(OCc3ccc(F)cc3F)c2)n1. The molecule has 0 atom stereocenters. The second-order valence-corrected chi connectivity index (χ2v) is 6.93. The molecule has 0 fully saturated rings. The van der Waals surface area contributed by atoms with E-state index >= 15 is 0 Å². The first-order chi connectivity index (χ1) is 13.5. The fraction of sp³-hybridized carbons (Fsp3) is 0.238. The Hall–Kier alpha value is -2.80. The molecule has 1 amide bonds. The number of rotatable bonds is 7. The molecule has 0 radical (unpaired) electrons. The molecule has 28 heavy (non-hydrogen) atoms. The molecule has 0 aliphatic rings. The van der Waals surface area contributed by atoms with E-state index in [1.807, 2.05) is 19.9 Å². The highest BCUT2D eigenvalue weighted by Crippen LogP contribution is 2.28. The van der Waals surface area contributed by atoms with Gasteiger partial charge in [0.2, 0.25) is 0 Å². The number of halogens is 2. The van der Waals surface area contributed by atoms with Crippen LogP contribution in [0.25, 0.3) is 10.6 Å². The molecule has 0 saturated heterocycles. The normalized spacial score (nSPS) is 10.7. The van der Waals surface area contributed by atoms with Crippen molar-refractivity contribution in [3.8, 4) is 16.3 Å². The number of aromatic nitrogens is 1. The highest BCUT2D eigenvalue weighted by atomic mass is 32.1. The van der Waals surface area contributed by atoms with E-state index in [2.05, 4.69) is 4.98 Å². The standard InChI is InChI=1S/C21H20F2N2O2S/c1-3-25(4-2)21(26)19-13-28-20(24-19)14-6-5-7-17(10-14)27-12-15-8-9-16(22)11-18(15)23/h5-11,13H,3-4,12H2,1-2H3. The Morgan fingerprint density at radius 3 is 2.64 bits per heavy atom. The fourth-order valence-electron chi connectivity index (χ4n) is 2.70. The minimum atomic E-state index is -0.643. The molecule has 3 aromatic rings. The maximum Gasteiger partial charge on any atom is 0.273 e. The quantitative estimate of drug-likeness (QED) is 0.549. The molecule has 1 heterocycles. The van der Waals surface area contributed by atoms with E-state index in [0.29, 0.717) is 29.5 Å². The van der Waals surface area contributed by atoms with E-state index < -0.39 is 11.6 Å². The van der Waals surface area contributed by atoms with Gasteiger partial charge in [0.05, 0.1) is 0 Å². The third-order valence-corrected chi connectivity index (χ3v) is 5.16. The predicted octanol–water partition coefficient (Wildman–Crippen LogP) is 5.15. The summed E-state index contributed by atoms with van der Waals surface area (Å²) < 4.78 is 32.4. The molecule has 2 aromatic carbocycles. The molecular weight excluding hydrogens is 382 g/mol. The lowest BCUT2D eigenvalue weighted by atomic mass is 10.2. The van der Waals surface area contributed by atoms with E-state index in [1.165, 1.54) is 23.5 Å². The average Bonchev–Trinajstić information content (AvgIpc) is 3.19. The van der Waals surface area contributed by atoms with Crippen molar-refractivity contribution in [2.75, 3.05) is 13.1 Å². The largest absolute Gasteiger partial charge is 0.489 e. The topological polar surface area (TPSA) is 42.4 Å². The lowest BCUT2D eigenvalue weighted by Gasteiger charge is -2.16. The molecule has 0 unspecified atom stereocenters. The molecule has 1 aromatic heterocycles. The van der Waals surface area contributed by atoms with Gasteiger partial charge in [-0.1, -0.05) is 12.1 Å². The van der Waals surface area contributed by atoms with E-state index in [0.717, 1.165) is 11.6 Å². The zero-order valence-electron chi connectivity index (χ0n) is 15.6. The van der Waals surface area contributed by atoms with Gasteiger partial charge in [0.25, 0.3) is 5.91 Å². The second-order valence-electron chi connectivity index (χ2n) is 6.07. The highest BCUT2D eigenvalue weighted by molar-refractivity contribution is 7.13. The second kappa shape index (κ2) is 8.93. The van der Waals surface area contributed by atoms with Crippen LogP contribution in [0.3, 0.4) is 0 Å². The molecule has 3 rings (SSSR count). The lowest BCUT2D eigenvalue weighted by Crippen LogP contribution is -2.30. The van der Waals surface area contributed by atoms with Crippen LogP contribution in [0, 0.1) is 11.6 Å². The molecule has 4 nitrogen and oxygen atoms in total. The van der Waals surface area contributed by atoms with Gasteiger partial charge in [0.1, 0.15) is 34.7 Å².